The fraction of sp³-hybridized carbons (Fsp3) is 0.700. The molecule has 0 saturated heterocycles. The summed E-state index contributed by atoms with van der Waals surface area (Å²) in [5.74, 6) is 3.27. The standard InChI is InChI=1S/C10H12O/c11-10-4-2-6-1-3-7(10)9-5-8(6)9/h1,3,6-9H,2,4-5H2. The minimum Gasteiger partial charge on any atom is -0.299 e. The molecule has 1 nitrogen and oxygen atoms in total. The van der Waals surface area contributed by atoms with Crippen molar-refractivity contribution in [3.8, 4) is 0 Å². The third-order valence-corrected chi connectivity index (χ3v) is 3.56. The molecule has 11 heavy (non-hydrogen) atoms. The fourth-order valence-corrected chi connectivity index (χ4v) is 2.82. The maximum atomic E-state index is 11.5. The fourth-order valence-electron chi connectivity index (χ4n) is 2.82. The predicted octanol–water partition coefficient (Wildman–Crippen LogP) is 1.79. The second-order valence-corrected chi connectivity index (χ2v) is 4.14. The van der Waals surface area contributed by atoms with Gasteiger partial charge in [0.15, 0.2) is 0 Å². The van der Waals surface area contributed by atoms with E-state index in [4.69, 9.17) is 0 Å². The maximum absolute atomic E-state index is 11.5. The SMILES string of the molecule is O=C1CCC2C=CC1C1CC21. The van der Waals surface area contributed by atoms with E-state index in [9.17, 15) is 4.79 Å². The van der Waals surface area contributed by atoms with Gasteiger partial charge in [-0.15, -0.1) is 0 Å². The number of hydrogen-bond donors (Lipinski definition) is 0. The molecule has 2 fully saturated rings. The molecule has 58 valence electrons. The zero-order valence-corrected chi connectivity index (χ0v) is 6.49. The molecule has 4 aliphatic carbocycles. The normalized spacial score (nSPS) is 52.2. The summed E-state index contributed by atoms with van der Waals surface area (Å²) in [6.07, 6.45) is 7.77. The van der Waals surface area contributed by atoms with E-state index in [2.05, 4.69) is 12.2 Å². The summed E-state index contributed by atoms with van der Waals surface area (Å²) in [5, 5.41) is 0. The molecule has 0 N–H and O–H groups in total. The first-order valence-electron chi connectivity index (χ1n) is 4.57. The Morgan fingerprint density at radius 3 is 3.09 bits per heavy atom. The van der Waals surface area contributed by atoms with Crippen molar-refractivity contribution in [3.63, 3.8) is 0 Å². The van der Waals surface area contributed by atoms with Gasteiger partial charge in [0.2, 0.25) is 0 Å². The zero-order chi connectivity index (χ0) is 7.42. The van der Waals surface area contributed by atoms with Crippen LogP contribution in [0.5, 0.6) is 0 Å². The lowest BCUT2D eigenvalue weighted by atomic mass is 9.91. The molecule has 0 aromatic heterocycles. The van der Waals surface area contributed by atoms with Crippen LogP contribution in [-0.2, 0) is 4.79 Å². The predicted molar refractivity (Wildman–Crippen MR) is 42.0 cm³/mol. The van der Waals surface area contributed by atoms with Crippen molar-refractivity contribution in [2.75, 3.05) is 0 Å². The van der Waals surface area contributed by atoms with E-state index in [1.807, 2.05) is 0 Å². The van der Waals surface area contributed by atoms with Gasteiger partial charge in [0.05, 0.1) is 0 Å². The monoisotopic (exact) mass is 148 g/mol. The summed E-state index contributed by atoms with van der Waals surface area (Å²) in [7, 11) is 0. The summed E-state index contributed by atoms with van der Waals surface area (Å²) >= 11 is 0. The van der Waals surface area contributed by atoms with Gasteiger partial charge in [-0.2, -0.15) is 0 Å². The van der Waals surface area contributed by atoms with Crippen LogP contribution in [0.15, 0.2) is 12.2 Å². The molecule has 4 rings (SSSR count). The van der Waals surface area contributed by atoms with E-state index >= 15 is 0 Å². The third kappa shape index (κ3) is 0.688. The zero-order valence-electron chi connectivity index (χ0n) is 6.49. The molecule has 4 unspecified atom stereocenters. The highest BCUT2D eigenvalue weighted by Gasteiger charge is 2.52. The second-order valence-electron chi connectivity index (χ2n) is 4.14. The summed E-state index contributed by atoms with van der Waals surface area (Å²) in [6, 6.07) is 0. The molecular formula is C10H12O. The highest BCUT2D eigenvalue weighted by Crippen LogP contribution is 2.56. The van der Waals surface area contributed by atoms with Crippen molar-refractivity contribution < 1.29 is 4.79 Å². The number of hydrogen-bond acceptors (Lipinski definition) is 1. The van der Waals surface area contributed by atoms with Crippen LogP contribution in [-0.4, -0.2) is 5.78 Å². The van der Waals surface area contributed by atoms with Crippen molar-refractivity contribution in [3.05, 3.63) is 12.2 Å². The van der Waals surface area contributed by atoms with Gasteiger partial charge in [-0.1, -0.05) is 12.2 Å². The first kappa shape index (κ1) is 5.99. The van der Waals surface area contributed by atoms with Crippen LogP contribution in [0.3, 0.4) is 0 Å². The first-order chi connectivity index (χ1) is 5.36. The summed E-state index contributed by atoms with van der Waals surface area (Å²) in [6.45, 7) is 0. The molecule has 4 aliphatic rings. The van der Waals surface area contributed by atoms with Gasteiger partial charge in [0, 0.05) is 12.3 Å². The van der Waals surface area contributed by atoms with Crippen molar-refractivity contribution in [2.45, 2.75) is 19.3 Å². The average molecular weight is 148 g/mol. The molecule has 0 heterocycles. The molecule has 0 aromatic carbocycles. The lowest BCUT2D eigenvalue weighted by Gasteiger charge is -2.13. The van der Waals surface area contributed by atoms with E-state index < -0.39 is 0 Å². The van der Waals surface area contributed by atoms with Crippen molar-refractivity contribution in [1.29, 1.82) is 0 Å². The van der Waals surface area contributed by atoms with Gasteiger partial charge in [-0.05, 0) is 30.6 Å². The Bertz CT molecular complexity index is 241. The molecule has 0 aliphatic heterocycles. The minimum absolute atomic E-state index is 0.332. The Balaban J connectivity index is 2.04. The van der Waals surface area contributed by atoms with Crippen molar-refractivity contribution in [1.82, 2.24) is 0 Å². The quantitative estimate of drug-likeness (QED) is 0.479. The van der Waals surface area contributed by atoms with Crippen LogP contribution < -0.4 is 0 Å². The Hall–Kier alpha value is -0.590. The molecular weight excluding hydrogens is 136 g/mol. The number of allylic oxidation sites excluding steroid dienone is 2. The van der Waals surface area contributed by atoms with Crippen LogP contribution in [0.1, 0.15) is 19.3 Å². The highest BCUT2D eigenvalue weighted by molar-refractivity contribution is 5.84. The number of Topliss-reactive ketones (excluding diaryl/α,β-unsaturated/α-hetero) is 1. The van der Waals surface area contributed by atoms with Crippen molar-refractivity contribution >= 4 is 5.78 Å². The molecule has 1 heteroatoms. The molecule has 2 bridgehead atoms. The Morgan fingerprint density at radius 2 is 2.18 bits per heavy atom. The van der Waals surface area contributed by atoms with Gasteiger partial charge < -0.3 is 0 Å². The number of carbonyl (C=O) groups excluding carboxylic acids is 1. The van der Waals surface area contributed by atoms with E-state index in [0.717, 1.165) is 30.6 Å². The Kier molecular flexibility index (Phi) is 0.961. The Morgan fingerprint density at radius 1 is 1.27 bits per heavy atom. The van der Waals surface area contributed by atoms with Crippen LogP contribution >= 0.6 is 0 Å². The summed E-state index contributed by atoms with van der Waals surface area (Å²) in [5.41, 5.74) is 0. The average Bonchev–Trinajstić information content (AvgIpc) is 2.74. The number of ketones is 1. The van der Waals surface area contributed by atoms with Gasteiger partial charge in [-0.3, -0.25) is 4.79 Å². The second kappa shape index (κ2) is 1.77. The lowest BCUT2D eigenvalue weighted by Crippen LogP contribution is -2.14. The largest absolute Gasteiger partial charge is 0.299 e. The lowest BCUT2D eigenvalue weighted by molar-refractivity contribution is -0.121. The highest BCUT2D eigenvalue weighted by atomic mass is 16.1. The van der Waals surface area contributed by atoms with Crippen LogP contribution in [0.25, 0.3) is 0 Å². The molecule has 0 radical (unpaired) electrons. The molecule has 2 saturated carbocycles. The maximum Gasteiger partial charge on any atom is 0.140 e. The Labute approximate surface area is 66.5 Å². The molecule has 0 spiro atoms. The number of carbonyl (C=O) groups is 1. The van der Waals surface area contributed by atoms with E-state index in [1.165, 1.54) is 6.42 Å². The van der Waals surface area contributed by atoms with E-state index in [-0.39, 0.29) is 0 Å². The van der Waals surface area contributed by atoms with Gasteiger partial charge in [0.25, 0.3) is 0 Å². The first-order valence-corrected chi connectivity index (χ1v) is 4.57. The van der Waals surface area contributed by atoms with Gasteiger partial charge in [-0.25, -0.2) is 0 Å². The van der Waals surface area contributed by atoms with Gasteiger partial charge in [0.1, 0.15) is 5.78 Å². The van der Waals surface area contributed by atoms with Crippen LogP contribution in [0.4, 0.5) is 0 Å². The van der Waals surface area contributed by atoms with E-state index in [1.54, 1.807) is 0 Å². The molecule has 0 amide bonds. The summed E-state index contributed by atoms with van der Waals surface area (Å²) < 4.78 is 0. The number of rotatable bonds is 0. The van der Waals surface area contributed by atoms with E-state index in [0.29, 0.717) is 11.7 Å². The van der Waals surface area contributed by atoms with Crippen LogP contribution in [0, 0.1) is 23.7 Å². The smallest absolute Gasteiger partial charge is 0.140 e. The number of fused-ring (bicyclic) bond motifs is 2. The third-order valence-electron chi connectivity index (χ3n) is 3.56. The summed E-state index contributed by atoms with van der Waals surface area (Å²) in [4.78, 5) is 11.5. The van der Waals surface area contributed by atoms with Gasteiger partial charge >= 0.3 is 0 Å². The molecule has 0 aromatic rings. The minimum atomic E-state index is 0.332. The molecule has 4 atom stereocenters. The van der Waals surface area contributed by atoms with Crippen LogP contribution in [0.2, 0.25) is 0 Å². The van der Waals surface area contributed by atoms with Crippen molar-refractivity contribution in [2.24, 2.45) is 23.7 Å². The topological polar surface area (TPSA) is 17.1 Å².